The number of esters is 2. The summed E-state index contributed by atoms with van der Waals surface area (Å²) in [6.07, 6.45) is -0.687. The molecular formula is C14H24O6. The first kappa shape index (κ1) is 16.9. The van der Waals surface area contributed by atoms with E-state index in [1.807, 2.05) is 6.92 Å². The highest BCUT2D eigenvalue weighted by molar-refractivity contribution is 5.66. The molecule has 6 nitrogen and oxygen atoms in total. The monoisotopic (exact) mass is 288 g/mol. The van der Waals surface area contributed by atoms with Crippen molar-refractivity contribution < 1.29 is 28.5 Å². The first-order chi connectivity index (χ1) is 9.32. The zero-order valence-corrected chi connectivity index (χ0v) is 12.8. The van der Waals surface area contributed by atoms with E-state index in [4.69, 9.17) is 18.9 Å². The molecule has 116 valence electrons. The molecule has 6 heteroatoms. The van der Waals surface area contributed by atoms with Crippen molar-refractivity contribution in [3.63, 3.8) is 0 Å². The highest BCUT2D eigenvalue weighted by atomic mass is 16.8. The summed E-state index contributed by atoms with van der Waals surface area (Å²) in [7, 11) is 0. The number of hydrogen-bond donors (Lipinski definition) is 0. The highest BCUT2D eigenvalue weighted by Gasteiger charge is 2.40. The average molecular weight is 288 g/mol. The lowest BCUT2D eigenvalue weighted by Crippen LogP contribution is -2.48. The van der Waals surface area contributed by atoms with Crippen LogP contribution >= 0.6 is 0 Å². The van der Waals surface area contributed by atoms with Crippen molar-refractivity contribution in [1.29, 1.82) is 0 Å². The molecule has 20 heavy (non-hydrogen) atoms. The van der Waals surface area contributed by atoms with Gasteiger partial charge < -0.3 is 18.9 Å². The van der Waals surface area contributed by atoms with Gasteiger partial charge in [0, 0.05) is 19.8 Å². The van der Waals surface area contributed by atoms with Crippen LogP contribution in [0.1, 0.15) is 34.6 Å². The van der Waals surface area contributed by atoms with Crippen LogP contribution in [0.4, 0.5) is 0 Å². The summed E-state index contributed by atoms with van der Waals surface area (Å²) in [5.74, 6) is 0.0227. The van der Waals surface area contributed by atoms with Gasteiger partial charge in [-0.3, -0.25) is 9.59 Å². The lowest BCUT2D eigenvalue weighted by Gasteiger charge is -2.42. The minimum Gasteiger partial charge on any atom is -0.463 e. The van der Waals surface area contributed by atoms with E-state index in [9.17, 15) is 9.59 Å². The van der Waals surface area contributed by atoms with E-state index < -0.39 is 12.3 Å². The molecular weight excluding hydrogens is 264 g/mol. The Labute approximate surface area is 119 Å². The van der Waals surface area contributed by atoms with Gasteiger partial charge in [0.15, 0.2) is 13.1 Å². The van der Waals surface area contributed by atoms with Crippen LogP contribution in [-0.2, 0) is 28.5 Å². The molecule has 0 aromatic heterocycles. The summed E-state index contributed by atoms with van der Waals surface area (Å²) >= 11 is 0. The van der Waals surface area contributed by atoms with Gasteiger partial charge in [-0.1, -0.05) is 20.8 Å². The van der Waals surface area contributed by atoms with Crippen molar-refractivity contribution in [3.05, 3.63) is 0 Å². The fourth-order valence-electron chi connectivity index (χ4n) is 2.25. The van der Waals surface area contributed by atoms with Crippen molar-refractivity contribution in [2.24, 2.45) is 17.8 Å². The minimum absolute atomic E-state index is 0.133. The Morgan fingerprint density at radius 2 is 1.55 bits per heavy atom. The zero-order chi connectivity index (χ0) is 15.3. The quantitative estimate of drug-likeness (QED) is 0.566. The van der Waals surface area contributed by atoms with Gasteiger partial charge in [-0.25, -0.2) is 0 Å². The Morgan fingerprint density at radius 1 is 0.950 bits per heavy atom. The molecule has 1 aliphatic rings. The Bertz CT molecular complexity index is 341. The van der Waals surface area contributed by atoms with Crippen LogP contribution in [0.2, 0.25) is 0 Å². The molecule has 5 atom stereocenters. The maximum atomic E-state index is 10.9. The van der Waals surface area contributed by atoms with Crippen LogP contribution in [0, 0.1) is 17.8 Å². The SMILES string of the molecule is CC(=O)OCO[C@H]1OC(COC(C)=O)[C@@H](C)[C@H](C)C1C. The van der Waals surface area contributed by atoms with Gasteiger partial charge in [-0.15, -0.1) is 0 Å². The van der Waals surface area contributed by atoms with Gasteiger partial charge in [0.1, 0.15) is 6.61 Å². The zero-order valence-electron chi connectivity index (χ0n) is 12.8. The predicted octanol–water partition coefficient (Wildman–Crippen LogP) is 1.72. The number of carbonyl (C=O) groups excluding carboxylic acids is 2. The standard InChI is InChI=1S/C14H24O6/c1-8-9(2)13(6-17-11(4)15)20-14(10(8)3)19-7-18-12(5)16/h8-10,13-14H,6-7H2,1-5H3/t8-,9-,10?,13?,14-/m0/s1. The van der Waals surface area contributed by atoms with Crippen molar-refractivity contribution in [1.82, 2.24) is 0 Å². The third-order valence-electron chi connectivity index (χ3n) is 3.93. The van der Waals surface area contributed by atoms with Crippen molar-refractivity contribution >= 4 is 11.9 Å². The molecule has 0 saturated carbocycles. The average Bonchev–Trinajstić information content (AvgIpc) is 2.37. The van der Waals surface area contributed by atoms with Gasteiger partial charge in [-0.2, -0.15) is 0 Å². The van der Waals surface area contributed by atoms with E-state index in [0.29, 0.717) is 5.92 Å². The molecule has 1 heterocycles. The Morgan fingerprint density at radius 3 is 2.10 bits per heavy atom. The van der Waals surface area contributed by atoms with Gasteiger partial charge in [0.2, 0.25) is 0 Å². The van der Waals surface area contributed by atoms with Crippen molar-refractivity contribution in [3.8, 4) is 0 Å². The Kier molecular flexibility index (Phi) is 6.42. The van der Waals surface area contributed by atoms with Gasteiger partial charge in [0.25, 0.3) is 0 Å². The maximum absolute atomic E-state index is 10.9. The van der Waals surface area contributed by atoms with E-state index >= 15 is 0 Å². The first-order valence-corrected chi connectivity index (χ1v) is 6.86. The summed E-state index contributed by atoms with van der Waals surface area (Å²) < 4.78 is 21.1. The molecule has 0 amide bonds. The second kappa shape index (κ2) is 7.59. The first-order valence-electron chi connectivity index (χ1n) is 6.86. The summed E-state index contributed by atoms with van der Waals surface area (Å²) in [5.41, 5.74) is 0. The van der Waals surface area contributed by atoms with Crippen molar-refractivity contribution in [2.45, 2.75) is 47.0 Å². The molecule has 1 aliphatic heterocycles. The molecule has 0 spiro atoms. The van der Waals surface area contributed by atoms with Crippen LogP contribution in [0.15, 0.2) is 0 Å². The molecule has 1 fully saturated rings. The van der Waals surface area contributed by atoms with Gasteiger partial charge in [0.05, 0.1) is 6.10 Å². The van der Waals surface area contributed by atoms with Crippen LogP contribution in [0.5, 0.6) is 0 Å². The van der Waals surface area contributed by atoms with Crippen LogP contribution in [-0.4, -0.2) is 37.7 Å². The maximum Gasteiger partial charge on any atom is 0.304 e. The van der Waals surface area contributed by atoms with E-state index in [0.717, 1.165) is 0 Å². The Balaban J connectivity index is 2.56. The third kappa shape index (κ3) is 4.76. The molecule has 0 N–H and O–H groups in total. The Hall–Kier alpha value is -1.14. The molecule has 0 aromatic carbocycles. The van der Waals surface area contributed by atoms with Gasteiger partial charge >= 0.3 is 11.9 Å². The van der Waals surface area contributed by atoms with E-state index in [-0.39, 0.29) is 37.3 Å². The second-order valence-electron chi connectivity index (χ2n) is 5.34. The molecule has 0 aliphatic carbocycles. The predicted molar refractivity (Wildman–Crippen MR) is 70.5 cm³/mol. The highest BCUT2D eigenvalue weighted by Crippen LogP contribution is 2.35. The summed E-state index contributed by atoms with van der Waals surface area (Å²) in [6.45, 7) is 8.98. The van der Waals surface area contributed by atoms with E-state index in [1.54, 1.807) is 0 Å². The second-order valence-corrected chi connectivity index (χ2v) is 5.34. The molecule has 1 rings (SSSR count). The lowest BCUT2D eigenvalue weighted by molar-refractivity contribution is -0.275. The molecule has 0 bridgehead atoms. The number of hydrogen-bond acceptors (Lipinski definition) is 6. The lowest BCUT2D eigenvalue weighted by atomic mass is 9.79. The number of ether oxygens (including phenoxy) is 4. The summed E-state index contributed by atoms with van der Waals surface area (Å²) in [6, 6.07) is 0. The van der Waals surface area contributed by atoms with Gasteiger partial charge in [-0.05, 0) is 11.8 Å². The molecule has 0 radical (unpaired) electrons. The fourth-order valence-corrected chi connectivity index (χ4v) is 2.25. The van der Waals surface area contributed by atoms with Crippen molar-refractivity contribution in [2.75, 3.05) is 13.4 Å². The van der Waals surface area contributed by atoms with Crippen LogP contribution < -0.4 is 0 Å². The number of rotatable bonds is 5. The number of carbonyl (C=O) groups is 2. The summed E-state index contributed by atoms with van der Waals surface area (Å²) in [4.78, 5) is 21.6. The molecule has 1 saturated heterocycles. The largest absolute Gasteiger partial charge is 0.463 e. The topological polar surface area (TPSA) is 71.1 Å². The van der Waals surface area contributed by atoms with E-state index in [1.165, 1.54) is 13.8 Å². The third-order valence-corrected chi connectivity index (χ3v) is 3.93. The smallest absolute Gasteiger partial charge is 0.304 e. The molecule has 2 unspecified atom stereocenters. The summed E-state index contributed by atoms with van der Waals surface area (Å²) in [5, 5.41) is 0. The normalized spacial score (nSPS) is 33.5. The van der Waals surface area contributed by atoms with Crippen LogP contribution in [0.3, 0.4) is 0 Å². The van der Waals surface area contributed by atoms with E-state index in [2.05, 4.69) is 13.8 Å². The molecule has 0 aromatic rings. The minimum atomic E-state index is -0.471. The fraction of sp³-hybridized carbons (Fsp3) is 0.857. The van der Waals surface area contributed by atoms with Crippen LogP contribution in [0.25, 0.3) is 0 Å².